The van der Waals surface area contributed by atoms with Gasteiger partial charge in [-0.05, 0) is 63.7 Å². The number of hydrogen-bond acceptors (Lipinski definition) is 5. The first-order valence-corrected chi connectivity index (χ1v) is 10.2. The Labute approximate surface area is 175 Å². The molecule has 1 fully saturated rings. The summed E-state index contributed by atoms with van der Waals surface area (Å²) in [6.07, 6.45) is 5.66. The maximum atomic E-state index is 13.2. The van der Waals surface area contributed by atoms with Crippen LogP contribution in [-0.2, 0) is 0 Å². The monoisotopic (exact) mass is 405 g/mol. The molecule has 1 unspecified atom stereocenters. The van der Waals surface area contributed by atoms with Crippen molar-refractivity contribution in [1.29, 1.82) is 0 Å². The lowest BCUT2D eigenvalue weighted by Gasteiger charge is -2.30. The number of benzene rings is 1. The Hall–Kier alpha value is -3.19. The fourth-order valence-corrected chi connectivity index (χ4v) is 4.27. The summed E-state index contributed by atoms with van der Waals surface area (Å²) in [6, 6.07) is 9.23. The Balaban J connectivity index is 1.62. The Kier molecular flexibility index (Phi) is 5.55. The topological polar surface area (TPSA) is 81.3 Å². The van der Waals surface area contributed by atoms with Crippen molar-refractivity contribution in [2.24, 2.45) is 0 Å². The molecular formula is C23H27N5O2. The van der Waals surface area contributed by atoms with Crippen molar-refractivity contribution < 1.29 is 4.79 Å². The third-order valence-corrected chi connectivity index (χ3v) is 5.61. The van der Waals surface area contributed by atoms with Crippen LogP contribution in [0.25, 0.3) is 10.9 Å². The molecule has 0 radical (unpaired) electrons. The van der Waals surface area contributed by atoms with Crippen LogP contribution in [0.15, 0.2) is 47.5 Å². The summed E-state index contributed by atoms with van der Waals surface area (Å²) < 4.78 is 0. The molecule has 1 aromatic carbocycles. The SMILES string of the molecule is Cc1cc(=O)[nH]c2ccc(NC(=O)c3ccncc3N3CCCC3CN(C)C)cc12. The van der Waals surface area contributed by atoms with Gasteiger partial charge in [0.1, 0.15) is 0 Å². The number of rotatable bonds is 5. The van der Waals surface area contributed by atoms with Gasteiger partial charge in [0.15, 0.2) is 0 Å². The standard InChI is InChI=1S/C23H27N5O2/c1-15-11-22(29)26-20-7-6-16(12-19(15)20)25-23(30)18-8-9-24-13-21(18)28-10-4-5-17(28)14-27(2)3/h6-9,11-13,17H,4-5,10,14H2,1-3H3,(H,25,30)(H,26,29). The van der Waals surface area contributed by atoms with Crippen LogP contribution in [0.2, 0.25) is 0 Å². The second kappa shape index (κ2) is 8.28. The van der Waals surface area contributed by atoms with E-state index >= 15 is 0 Å². The number of nitrogens with zero attached hydrogens (tertiary/aromatic N) is 3. The maximum Gasteiger partial charge on any atom is 0.257 e. The molecule has 0 aliphatic carbocycles. The number of fused-ring (bicyclic) bond motifs is 1. The van der Waals surface area contributed by atoms with Crippen molar-refractivity contribution in [2.75, 3.05) is 37.4 Å². The minimum absolute atomic E-state index is 0.129. The molecule has 1 atom stereocenters. The van der Waals surface area contributed by atoms with Crippen LogP contribution >= 0.6 is 0 Å². The van der Waals surface area contributed by atoms with Crippen LogP contribution in [0.4, 0.5) is 11.4 Å². The number of aromatic amines is 1. The number of pyridine rings is 2. The molecule has 0 spiro atoms. The molecule has 1 aliphatic heterocycles. The quantitative estimate of drug-likeness (QED) is 0.682. The number of anilines is 2. The van der Waals surface area contributed by atoms with Crippen LogP contribution in [0.5, 0.6) is 0 Å². The van der Waals surface area contributed by atoms with Crippen molar-refractivity contribution in [3.05, 3.63) is 64.2 Å². The number of amides is 1. The predicted octanol–water partition coefficient (Wildman–Crippen LogP) is 3.01. The highest BCUT2D eigenvalue weighted by atomic mass is 16.1. The van der Waals surface area contributed by atoms with E-state index in [-0.39, 0.29) is 11.5 Å². The van der Waals surface area contributed by atoms with Crippen LogP contribution in [0, 0.1) is 6.92 Å². The Bertz CT molecular complexity index is 1140. The number of aryl methyl sites for hydroxylation is 1. The van der Waals surface area contributed by atoms with E-state index in [1.54, 1.807) is 30.6 Å². The van der Waals surface area contributed by atoms with Gasteiger partial charge in [0.25, 0.3) is 5.91 Å². The van der Waals surface area contributed by atoms with Gasteiger partial charge in [0, 0.05) is 48.0 Å². The number of hydrogen-bond donors (Lipinski definition) is 2. The summed E-state index contributed by atoms with van der Waals surface area (Å²) in [5.74, 6) is -0.163. The van der Waals surface area contributed by atoms with Gasteiger partial charge in [-0.3, -0.25) is 14.6 Å². The molecule has 2 N–H and O–H groups in total. The van der Waals surface area contributed by atoms with Gasteiger partial charge >= 0.3 is 0 Å². The van der Waals surface area contributed by atoms with Crippen LogP contribution < -0.4 is 15.8 Å². The van der Waals surface area contributed by atoms with E-state index in [1.807, 2.05) is 19.1 Å². The smallest absolute Gasteiger partial charge is 0.257 e. The molecule has 1 amide bonds. The first-order valence-electron chi connectivity index (χ1n) is 10.2. The van der Waals surface area contributed by atoms with Crippen LogP contribution in [0.3, 0.4) is 0 Å². The minimum Gasteiger partial charge on any atom is -0.365 e. The number of carbonyl (C=O) groups excluding carboxylic acids is 1. The van der Waals surface area contributed by atoms with Gasteiger partial charge in [-0.1, -0.05) is 0 Å². The molecule has 3 heterocycles. The van der Waals surface area contributed by atoms with E-state index in [4.69, 9.17) is 0 Å². The zero-order chi connectivity index (χ0) is 21.3. The second-order valence-corrected chi connectivity index (χ2v) is 8.18. The van der Waals surface area contributed by atoms with Gasteiger partial charge in [-0.2, -0.15) is 0 Å². The largest absolute Gasteiger partial charge is 0.365 e. The highest BCUT2D eigenvalue weighted by Crippen LogP contribution is 2.29. The number of aromatic nitrogens is 2. The van der Waals surface area contributed by atoms with Crippen molar-refractivity contribution in [3.8, 4) is 0 Å². The fraction of sp³-hybridized carbons (Fsp3) is 0.348. The van der Waals surface area contributed by atoms with Gasteiger partial charge < -0.3 is 20.1 Å². The third kappa shape index (κ3) is 4.07. The van der Waals surface area contributed by atoms with Crippen LogP contribution in [-0.4, -0.2) is 54.0 Å². The van der Waals surface area contributed by atoms with E-state index in [9.17, 15) is 9.59 Å². The molecule has 1 aliphatic rings. The summed E-state index contributed by atoms with van der Waals surface area (Å²) in [6.45, 7) is 3.76. The number of nitrogens with one attached hydrogen (secondary N) is 2. The molecule has 30 heavy (non-hydrogen) atoms. The normalized spacial score (nSPS) is 16.4. The van der Waals surface area contributed by atoms with Crippen LogP contribution in [0.1, 0.15) is 28.8 Å². The van der Waals surface area contributed by atoms with Crippen molar-refractivity contribution in [1.82, 2.24) is 14.9 Å². The molecule has 0 bridgehead atoms. The average molecular weight is 406 g/mol. The predicted molar refractivity (Wildman–Crippen MR) is 120 cm³/mol. The molecule has 156 valence electrons. The Morgan fingerprint density at radius 2 is 2.13 bits per heavy atom. The lowest BCUT2D eigenvalue weighted by molar-refractivity contribution is 0.102. The van der Waals surface area contributed by atoms with E-state index in [1.165, 1.54) is 0 Å². The van der Waals surface area contributed by atoms with Gasteiger partial charge in [-0.25, -0.2) is 0 Å². The summed E-state index contributed by atoms with van der Waals surface area (Å²) in [4.78, 5) is 36.4. The second-order valence-electron chi connectivity index (χ2n) is 8.18. The van der Waals surface area contributed by atoms with Gasteiger partial charge in [0.05, 0.1) is 17.4 Å². The van der Waals surface area contributed by atoms with Gasteiger partial charge in [0.2, 0.25) is 5.56 Å². The van der Waals surface area contributed by atoms with E-state index < -0.39 is 0 Å². The first kappa shape index (κ1) is 20.1. The van der Waals surface area contributed by atoms with E-state index in [0.29, 0.717) is 17.3 Å². The lowest BCUT2D eigenvalue weighted by Crippen LogP contribution is -2.38. The highest BCUT2D eigenvalue weighted by Gasteiger charge is 2.28. The molecule has 7 heteroatoms. The molecule has 7 nitrogen and oxygen atoms in total. The lowest BCUT2D eigenvalue weighted by atomic mass is 10.1. The fourth-order valence-electron chi connectivity index (χ4n) is 4.27. The highest BCUT2D eigenvalue weighted by molar-refractivity contribution is 6.08. The van der Waals surface area contributed by atoms with Crippen molar-refractivity contribution in [2.45, 2.75) is 25.8 Å². The first-order chi connectivity index (χ1) is 14.4. The molecule has 3 aromatic rings. The number of H-pyrrole nitrogens is 1. The summed E-state index contributed by atoms with van der Waals surface area (Å²) in [5.41, 5.74) is 3.69. The zero-order valence-corrected chi connectivity index (χ0v) is 17.6. The average Bonchev–Trinajstić information content (AvgIpc) is 3.15. The van der Waals surface area contributed by atoms with E-state index in [2.05, 4.69) is 39.2 Å². The van der Waals surface area contributed by atoms with Gasteiger partial charge in [-0.15, -0.1) is 0 Å². The molecule has 0 saturated carbocycles. The summed E-state index contributed by atoms with van der Waals surface area (Å²) >= 11 is 0. The minimum atomic E-state index is -0.163. The maximum absolute atomic E-state index is 13.2. The molecule has 4 rings (SSSR count). The number of carbonyl (C=O) groups is 1. The molecule has 2 aromatic heterocycles. The zero-order valence-electron chi connectivity index (χ0n) is 17.6. The Morgan fingerprint density at radius 3 is 2.93 bits per heavy atom. The molecular weight excluding hydrogens is 378 g/mol. The number of likely N-dealkylation sites (N-methyl/N-ethyl adjacent to an activating group) is 1. The summed E-state index contributed by atoms with van der Waals surface area (Å²) in [7, 11) is 4.14. The van der Waals surface area contributed by atoms with Crippen molar-refractivity contribution in [3.63, 3.8) is 0 Å². The Morgan fingerprint density at radius 1 is 1.30 bits per heavy atom. The van der Waals surface area contributed by atoms with Crippen molar-refractivity contribution >= 4 is 28.2 Å². The molecule has 1 saturated heterocycles. The third-order valence-electron chi connectivity index (χ3n) is 5.61. The van der Waals surface area contributed by atoms with E-state index in [0.717, 1.165) is 48.1 Å². The summed E-state index contributed by atoms with van der Waals surface area (Å²) in [5, 5.41) is 3.93.